The minimum absolute atomic E-state index is 0.721. The summed E-state index contributed by atoms with van der Waals surface area (Å²) in [6.07, 6.45) is 0. The molecule has 2 aromatic rings. The SMILES string of the molecule is Cc1c(Br)cccc1Nc1ccc(Br)cc1N. The van der Waals surface area contributed by atoms with Gasteiger partial charge in [-0.3, -0.25) is 0 Å². The van der Waals surface area contributed by atoms with E-state index in [0.717, 1.165) is 31.6 Å². The number of anilines is 3. The lowest BCUT2D eigenvalue weighted by molar-refractivity contribution is 1.40. The van der Waals surface area contributed by atoms with Crippen molar-refractivity contribution in [1.82, 2.24) is 0 Å². The normalized spacial score (nSPS) is 10.3. The number of nitrogens with one attached hydrogen (secondary N) is 1. The molecule has 2 rings (SSSR count). The molecule has 0 radical (unpaired) electrons. The number of hydrogen-bond acceptors (Lipinski definition) is 2. The van der Waals surface area contributed by atoms with Gasteiger partial charge in [0.2, 0.25) is 0 Å². The van der Waals surface area contributed by atoms with Crippen LogP contribution in [0.3, 0.4) is 0 Å². The van der Waals surface area contributed by atoms with Crippen LogP contribution in [0.1, 0.15) is 5.56 Å². The van der Waals surface area contributed by atoms with E-state index in [0.29, 0.717) is 0 Å². The van der Waals surface area contributed by atoms with Crippen molar-refractivity contribution >= 4 is 48.9 Å². The fourth-order valence-electron chi connectivity index (χ4n) is 1.54. The van der Waals surface area contributed by atoms with Gasteiger partial charge in [0.05, 0.1) is 11.4 Å². The van der Waals surface area contributed by atoms with E-state index in [4.69, 9.17) is 5.73 Å². The Morgan fingerprint density at radius 3 is 2.53 bits per heavy atom. The first-order valence-electron chi connectivity index (χ1n) is 5.15. The average Bonchev–Trinajstić information content (AvgIpc) is 2.28. The summed E-state index contributed by atoms with van der Waals surface area (Å²) >= 11 is 6.90. The monoisotopic (exact) mass is 354 g/mol. The second kappa shape index (κ2) is 5.10. The Kier molecular flexibility index (Phi) is 3.74. The molecule has 2 aromatic carbocycles. The highest BCUT2D eigenvalue weighted by molar-refractivity contribution is 9.10. The van der Waals surface area contributed by atoms with Crippen LogP contribution in [0.5, 0.6) is 0 Å². The molecule has 0 aliphatic heterocycles. The predicted molar refractivity (Wildman–Crippen MR) is 80.7 cm³/mol. The molecule has 0 aromatic heterocycles. The highest BCUT2D eigenvalue weighted by Crippen LogP contribution is 2.30. The first kappa shape index (κ1) is 12.5. The highest BCUT2D eigenvalue weighted by Gasteiger charge is 2.04. The topological polar surface area (TPSA) is 38.0 Å². The fourth-order valence-corrected chi connectivity index (χ4v) is 2.28. The quantitative estimate of drug-likeness (QED) is 0.756. The van der Waals surface area contributed by atoms with E-state index >= 15 is 0 Å². The predicted octanol–water partition coefficient (Wildman–Crippen LogP) is 4.85. The Morgan fingerprint density at radius 1 is 1.06 bits per heavy atom. The van der Waals surface area contributed by atoms with Crippen molar-refractivity contribution in [3.05, 3.63) is 50.9 Å². The highest BCUT2D eigenvalue weighted by atomic mass is 79.9. The summed E-state index contributed by atoms with van der Waals surface area (Å²) in [6, 6.07) is 11.9. The smallest absolute Gasteiger partial charge is 0.0618 e. The van der Waals surface area contributed by atoms with E-state index in [1.54, 1.807) is 0 Å². The van der Waals surface area contributed by atoms with Crippen LogP contribution in [0.2, 0.25) is 0 Å². The van der Waals surface area contributed by atoms with E-state index < -0.39 is 0 Å². The van der Waals surface area contributed by atoms with Crippen molar-refractivity contribution in [3.8, 4) is 0 Å². The molecule has 0 unspecified atom stereocenters. The second-order valence-corrected chi connectivity index (χ2v) is 5.54. The summed E-state index contributed by atoms with van der Waals surface area (Å²) in [6.45, 7) is 2.06. The zero-order valence-corrected chi connectivity index (χ0v) is 12.5. The summed E-state index contributed by atoms with van der Waals surface area (Å²) in [5.74, 6) is 0. The summed E-state index contributed by atoms with van der Waals surface area (Å²) in [5, 5.41) is 3.33. The minimum Gasteiger partial charge on any atom is -0.397 e. The summed E-state index contributed by atoms with van der Waals surface area (Å²) in [5.41, 5.74) is 9.80. The fraction of sp³-hybridized carbons (Fsp3) is 0.0769. The molecule has 0 heterocycles. The maximum atomic E-state index is 5.95. The first-order chi connectivity index (χ1) is 8.08. The van der Waals surface area contributed by atoms with Gasteiger partial charge in [-0.25, -0.2) is 0 Å². The third kappa shape index (κ3) is 2.82. The van der Waals surface area contributed by atoms with Crippen molar-refractivity contribution in [2.75, 3.05) is 11.1 Å². The molecule has 0 amide bonds. The minimum atomic E-state index is 0.721. The van der Waals surface area contributed by atoms with Crippen molar-refractivity contribution in [1.29, 1.82) is 0 Å². The van der Waals surface area contributed by atoms with Crippen LogP contribution in [0.15, 0.2) is 45.3 Å². The van der Waals surface area contributed by atoms with Crippen molar-refractivity contribution < 1.29 is 0 Å². The van der Waals surface area contributed by atoms with Gasteiger partial charge in [0.25, 0.3) is 0 Å². The van der Waals surface area contributed by atoms with Gasteiger partial charge < -0.3 is 11.1 Å². The standard InChI is InChI=1S/C13H12Br2N2/c1-8-10(15)3-2-4-12(8)17-13-6-5-9(14)7-11(13)16/h2-7,17H,16H2,1H3. The molecular formula is C13H12Br2N2. The molecule has 4 heteroatoms. The molecular weight excluding hydrogens is 344 g/mol. The molecule has 0 aliphatic carbocycles. The molecule has 3 N–H and O–H groups in total. The molecule has 17 heavy (non-hydrogen) atoms. The van der Waals surface area contributed by atoms with Crippen LogP contribution in [0, 0.1) is 6.92 Å². The lowest BCUT2D eigenvalue weighted by Crippen LogP contribution is -1.98. The summed E-state index contributed by atoms with van der Waals surface area (Å²) in [4.78, 5) is 0. The molecule has 0 bridgehead atoms. The van der Waals surface area contributed by atoms with Gasteiger partial charge in [0.1, 0.15) is 0 Å². The molecule has 0 atom stereocenters. The third-order valence-electron chi connectivity index (χ3n) is 2.55. The zero-order valence-electron chi connectivity index (χ0n) is 9.30. The van der Waals surface area contributed by atoms with E-state index in [-0.39, 0.29) is 0 Å². The van der Waals surface area contributed by atoms with Gasteiger partial charge in [-0.2, -0.15) is 0 Å². The van der Waals surface area contributed by atoms with Gasteiger partial charge in [-0.1, -0.05) is 37.9 Å². The van der Waals surface area contributed by atoms with Gasteiger partial charge >= 0.3 is 0 Å². The number of nitrogen functional groups attached to an aromatic ring is 1. The molecule has 0 saturated heterocycles. The molecule has 0 spiro atoms. The Morgan fingerprint density at radius 2 is 1.82 bits per heavy atom. The molecule has 0 saturated carbocycles. The third-order valence-corrected chi connectivity index (χ3v) is 3.90. The first-order valence-corrected chi connectivity index (χ1v) is 6.73. The number of halogens is 2. The van der Waals surface area contributed by atoms with Crippen molar-refractivity contribution in [3.63, 3.8) is 0 Å². The number of benzene rings is 2. The Balaban J connectivity index is 2.35. The number of nitrogens with two attached hydrogens (primary N) is 1. The zero-order chi connectivity index (χ0) is 12.4. The molecule has 88 valence electrons. The lowest BCUT2D eigenvalue weighted by Gasteiger charge is -2.12. The maximum Gasteiger partial charge on any atom is 0.0618 e. The van der Waals surface area contributed by atoms with Gasteiger partial charge in [0, 0.05) is 14.6 Å². The Hall–Kier alpha value is -1.00. The van der Waals surface area contributed by atoms with Gasteiger partial charge in [0.15, 0.2) is 0 Å². The second-order valence-electron chi connectivity index (χ2n) is 3.77. The maximum absolute atomic E-state index is 5.95. The van der Waals surface area contributed by atoms with Crippen molar-refractivity contribution in [2.24, 2.45) is 0 Å². The van der Waals surface area contributed by atoms with E-state index in [1.807, 2.05) is 36.4 Å². The van der Waals surface area contributed by atoms with Crippen LogP contribution in [-0.2, 0) is 0 Å². The average molecular weight is 356 g/mol. The van der Waals surface area contributed by atoms with Crippen LogP contribution in [0.25, 0.3) is 0 Å². The molecule has 0 aliphatic rings. The summed E-state index contributed by atoms with van der Waals surface area (Å²) < 4.78 is 2.06. The van der Waals surface area contributed by atoms with Gasteiger partial charge in [-0.05, 0) is 42.8 Å². The largest absolute Gasteiger partial charge is 0.397 e. The van der Waals surface area contributed by atoms with Crippen molar-refractivity contribution in [2.45, 2.75) is 6.92 Å². The lowest BCUT2D eigenvalue weighted by atomic mass is 10.2. The Bertz CT molecular complexity index is 553. The van der Waals surface area contributed by atoms with E-state index in [2.05, 4.69) is 44.1 Å². The van der Waals surface area contributed by atoms with Crippen LogP contribution < -0.4 is 11.1 Å². The molecule has 2 nitrogen and oxygen atoms in total. The van der Waals surface area contributed by atoms with E-state index in [9.17, 15) is 0 Å². The van der Waals surface area contributed by atoms with Crippen LogP contribution >= 0.6 is 31.9 Å². The number of rotatable bonds is 2. The Labute approximate surface area is 117 Å². The summed E-state index contributed by atoms with van der Waals surface area (Å²) in [7, 11) is 0. The van der Waals surface area contributed by atoms with Crippen LogP contribution in [-0.4, -0.2) is 0 Å². The molecule has 0 fully saturated rings. The van der Waals surface area contributed by atoms with E-state index in [1.165, 1.54) is 0 Å². The number of hydrogen-bond donors (Lipinski definition) is 2. The van der Waals surface area contributed by atoms with Gasteiger partial charge in [-0.15, -0.1) is 0 Å². The van der Waals surface area contributed by atoms with Crippen LogP contribution in [0.4, 0.5) is 17.1 Å².